The highest BCUT2D eigenvalue weighted by Gasteiger charge is 2.11. The Morgan fingerprint density at radius 1 is 1.17 bits per heavy atom. The van der Waals surface area contributed by atoms with Gasteiger partial charge in [0.15, 0.2) is 5.82 Å². The van der Waals surface area contributed by atoms with Crippen LogP contribution in [0.1, 0.15) is 20.3 Å². The molecule has 23 heavy (non-hydrogen) atoms. The van der Waals surface area contributed by atoms with E-state index >= 15 is 0 Å². The zero-order valence-corrected chi connectivity index (χ0v) is 13.2. The van der Waals surface area contributed by atoms with Gasteiger partial charge in [0.25, 0.3) is 0 Å². The molecule has 2 unspecified atom stereocenters. The summed E-state index contributed by atoms with van der Waals surface area (Å²) in [4.78, 5) is 11.7. The largest absolute Gasteiger partial charge is 0.507 e. The lowest BCUT2D eigenvalue weighted by Crippen LogP contribution is -2.25. The van der Waals surface area contributed by atoms with Crippen molar-refractivity contribution in [3.05, 3.63) is 30.9 Å². The Bertz CT molecular complexity index is 610. The summed E-state index contributed by atoms with van der Waals surface area (Å²) in [5, 5.41) is 19.9. The molecule has 2 N–H and O–H groups in total. The van der Waals surface area contributed by atoms with E-state index in [2.05, 4.69) is 15.0 Å². The molecule has 2 aromatic rings. The molecule has 0 bridgehead atoms. The molecule has 0 aliphatic rings. The first-order chi connectivity index (χ1) is 11.1. The van der Waals surface area contributed by atoms with E-state index in [1.54, 1.807) is 12.1 Å². The second-order valence-corrected chi connectivity index (χ2v) is 5.16. The molecule has 124 valence electrons. The topological polar surface area (TPSA) is 97.6 Å². The number of hydrogen-bond acceptors (Lipinski definition) is 7. The number of nitrogens with zero attached hydrogens (tertiary/aromatic N) is 3. The first-order valence-electron chi connectivity index (χ1n) is 7.48. The van der Waals surface area contributed by atoms with Crippen LogP contribution in [0.2, 0.25) is 0 Å². The second kappa shape index (κ2) is 8.40. The lowest BCUT2D eigenvalue weighted by molar-refractivity contribution is -0.0192. The summed E-state index contributed by atoms with van der Waals surface area (Å²) < 4.78 is 10.9. The Hall–Kier alpha value is -2.25. The molecule has 0 saturated carbocycles. The van der Waals surface area contributed by atoms with E-state index in [0.717, 1.165) is 6.42 Å². The average Bonchev–Trinajstić information content (AvgIpc) is 2.58. The van der Waals surface area contributed by atoms with Gasteiger partial charge in [-0.1, -0.05) is 6.92 Å². The number of benzene rings is 1. The molecule has 1 aromatic carbocycles. The number of aromatic nitrogens is 3. The summed E-state index contributed by atoms with van der Waals surface area (Å²) in [5.74, 6) is 0.827. The highest BCUT2D eigenvalue weighted by molar-refractivity contribution is 5.64. The van der Waals surface area contributed by atoms with Crippen molar-refractivity contribution < 1.29 is 19.7 Å². The van der Waals surface area contributed by atoms with E-state index in [1.807, 2.05) is 13.8 Å². The van der Waals surface area contributed by atoms with E-state index in [-0.39, 0.29) is 25.1 Å². The highest BCUT2D eigenvalue weighted by atomic mass is 16.5. The average molecular weight is 319 g/mol. The van der Waals surface area contributed by atoms with Crippen molar-refractivity contribution in [2.75, 3.05) is 13.2 Å². The number of aromatic hydroxyl groups is 1. The molecule has 2 rings (SSSR count). The number of phenolic OH excluding ortho intramolecular Hbond substituents is 1. The number of phenols is 1. The Morgan fingerprint density at radius 2 is 1.91 bits per heavy atom. The summed E-state index contributed by atoms with van der Waals surface area (Å²) in [7, 11) is 0. The molecule has 1 aromatic heterocycles. The smallest absolute Gasteiger partial charge is 0.166 e. The van der Waals surface area contributed by atoms with Gasteiger partial charge in [-0.15, -0.1) is 0 Å². The quantitative estimate of drug-likeness (QED) is 0.765. The SMILES string of the molecule is CCC(C)OCC(O)COc1ccc(-c2ncncn2)c(O)c1. The molecule has 1 heterocycles. The minimum absolute atomic E-state index is 0.000884. The van der Waals surface area contributed by atoms with Crippen LogP contribution in [0.4, 0.5) is 0 Å². The molecule has 0 aliphatic carbocycles. The van der Waals surface area contributed by atoms with Gasteiger partial charge in [-0.25, -0.2) is 15.0 Å². The maximum Gasteiger partial charge on any atom is 0.166 e. The van der Waals surface area contributed by atoms with Crippen LogP contribution in [-0.4, -0.2) is 50.6 Å². The van der Waals surface area contributed by atoms with Gasteiger partial charge in [-0.2, -0.15) is 0 Å². The van der Waals surface area contributed by atoms with Gasteiger partial charge < -0.3 is 19.7 Å². The number of hydrogen-bond donors (Lipinski definition) is 2. The highest BCUT2D eigenvalue weighted by Crippen LogP contribution is 2.29. The van der Waals surface area contributed by atoms with Crippen molar-refractivity contribution in [2.24, 2.45) is 0 Å². The van der Waals surface area contributed by atoms with Crippen molar-refractivity contribution in [2.45, 2.75) is 32.5 Å². The van der Waals surface area contributed by atoms with Crippen molar-refractivity contribution in [3.8, 4) is 22.9 Å². The van der Waals surface area contributed by atoms with Gasteiger partial charge in [-0.05, 0) is 25.5 Å². The maximum atomic E-state index is 10.1. The van der Waals surface area contributed by atoms with Crippen LogP contribution in [0.3, 0.4) is 0 Å². The van der Waals surface area contributed by atoms with Gasteiger partial charge >= 0.3 is 0 Å². The maximum absolute atomic E-state index is 10.1. The van der Waals surface area contributed by atoms with Gasteiger partial charge in [0.05, 0.1) is 18.3 Å². The van der Waals surface area contributed by atoms with Crippen LogP contribution in [0.5, 0.6) is 11.5 Å². The fraction of sp³-hybridized carbons (Fsp3) is 0.438. The predicted molar refractivity (Wildman–Crippen MR) is 84.1 cm³/mol. The molecule has 0 radical (unpaired) electrons. The summed E-state index contributed by atoms with van der Waals surface area (Å²) >= 11 is 0. The van der Waals surface area contributed by atoms with Gasteiger partial charge in [0, 0.05) is 6.07 Å². The first kappa shape index (κ1) is 17.1. The zero-order chi connectivity index (χ0) is 16.7. The molecule has 0 amide bonds. The molecule has 0 saturated heterocycles. The summed E-state index contributed by atoms with van der Waals surface area (Å²) in [6.45, 7) is 4.26. The van der Waals surface area contributed by atoms with Crippen LogP contribution < -0.4 is 4.74 Å². The minimum atomic E-state index is -0.727. The van der Waals surface area contributed by atoms with Crippen molar-refractivity contribution in [1.29, 1.82) is 0 Å². The number of rotatable bonds is 8. The normalized spacial score (nSPS) is 13.5. The number of aliphatic hydroxyl groups excluding tert-OH is 1. The lowest BCUT2D eigenvalue weighted by Gasteiger charge is -2.16. The Morgan fingerprint density at radius 3 is 2.57 bits per heavy atom. The fourth-order valence-corrected chi connectivity index (χ4v) is 1.80. The lowest BCUT2D eigenvalue weighted by atomic mass is 10.2. The van der Waals surface area contributed by atoms with Crippen molar-refractivity contribution >= 4 is 0 Å². The van der Waals surface area contributed by atoms with E-state index in [0.29, 0.717) is 17.1 Å². The van der Waals surface area contributed by atoms with Crippen molar-refractivity contribution in [1.82, 2.24) is 15.0 Å². The molecular weight excluding hydrogens is 298 g/mol. The van der Waals surface area contributed by atoms with E-state index < -0.39 is 6.10 Å². The third kappa shape index (κ3) is 5.15. The third-order valence-electron chi connectivity index (χ3n) is 3.29. The molecule has 0 aliphatic heterocycles. The molecule has 0 fully saturated rings. The van der Waals surface area contributed by atoms with Crippen LogP contribution in [0.25, 0.3) is 11.4 Å². The van der Waals surface area contributed by atoms with Gasteiger partial charge in [0.1, 0.15) is 36.9 Å². The van der Waals surface area contributed by atoms with Gasteiger partial charge in [0.2, 0.25) is 0 Å². The van der Waals surface area contributed by atoms with Gasteiger partial charge in [-0.3, -0.25) is 0 Å². The van der Waals surface area contributed by atoms with Crippen LogP contribution >= 0.6 is 0 Å². The zero-order valence-electron chi connectivity index (χ0n) is 13.2. The molecule has 0 spiro atoms. The summed E-state index contributed by atoms with van der Waals surface area (Å²) in [6, 6.07) is 4.80. The second-order valence-electron chi connectivity index (χ2n) is 5.16. The number of ether oxygens (including phenoxy) is 2. The molecular formula is C16H21N3O4. The minimum Gasteiger partial charge on any atom is -0.507 e. The molecule has 7 heteroatoms. The Labute approximate surface area is 135 Å². The predicted octanol–water partition coefficient (Wildman–Crippen LogP) is 1.80. The monoisotopic (exact) mass is 319 g/mol. The van der Waals surface area contributed by atoms with E-state index in [4.69, 9.17) is 9.47 Å². The van der Waals surface area contributed by atoms with Crippen LogP contribution in [-0.2, 0) is 4.74 Å². The first-order valence-corrected chi connectivity index (χ1v) is 7.48. The fourth-order valence-electron chi connectivity index (χ4n) is 1.80. The van der Waals surface area contributed by atoms with Crippen LogP contribution in [0.15, 0.2) is 30.9 Å². The Kier molecular flexibility index (Phi) is 6.25. The summed E-state index contributed by atoms with van der Waals surface area (Å²) in [6.07, 6.45) is 2.99. The number of aliphatic hydroxyl groups is 1. The molecule has 7 nitrogen and oxygen atoms in total. The Balaban J connectivity index is 1.91. The molecule has 2 atom stereocenters. The summed E-state index contributed by atoms with van der Waals surface area (Å²) in [5.41, 5.74) is 0.486. The third-order valence-corrected chi connectivity index (χ3v) is 3.29. The van der Waals surface area contributed by atoms with Crippen LogP contribution in [0, 0.1) is 0 Å². The standard InChI is InChI=1S/C16H21N3O4/c1-3-11(2)22-7-12(20)8-23-13-4-5-14(15(21)6-13)16-18-9-17-10-19-16/h4-6,9-12,20-21H,3,7-8H2,1-2H3. The van der Waals surface area contributed by atoms with Crippen molar-refractivity contribution in [3.63, 3.8) is 0 Å². The van der Waals surface area contributed by atoms with E-state index in [1.165, 1.54) is 18.7 Å². The van der Waals surface area contributed by atoms with E-state index in [9.17, 15) is 10.2 Å².